The van der Waals surface area contributed by atoms with Gasteiger partial charge in [0.25, 0.3) is 5.91 Å². The van der Waals surface area contributed by atoms with Gasteiger partial charge in [0.15, 0.2) is 18.1 Å². The van der Waals surface area contributed by atoms with Crippen molar-refractivity contribution in [3.63, 3.8) is 0 Å². The zero-order valence-electron chi connectivity index (χ0n) is 19.0. The number of aryl methyl sites for hydroxylation is 1. The number of allylic oxidation sites excluding steroid dienone is 1. The lowest BCUT2D eigenvalue weighted by Crippen LogP contribution is -2.20. The second kappa shape index (κ2) is 10.4. The van der Waals surface area contributed by atoms with Crippen LogP contribution in [0.3, 0.4) is 0 Å². The van der Waals surface area contributed by atoms with Crippen LogP contribution in [0.2, 0.25) is 0 Å². The average molecular weight is 449 g/mol. The van der Waals surface area contributed by atoms with E-state index < -0.39 is 0 Å². The van der Waals surface area contributed by atoms with Gasteiger partial charge in [0.2, 0.25) is 0 Å². The quantitative estimate of drug-likeness (QED) is 0.268. The van der Waals surface area contributed by atoms with Crippen LogP contribution in [0.5, 0.6) is 11.5 Å². The summed E-state index contributed by atoms with van der Waals surface area (Å²) >= 11 is 0. The van der Waals surface area contributed by atoms with Crippen LogP contribution < -0.4 is 14.8 Å². The first-order valence-electron chi connectivity index (χ1n) is 10.9. The molecule has 0 saturated heterocycles. The van der Waals surface area contributed by atoms with E-state index in [0.717, 1.165) is 33.2 Å². The Bertz CT molecular complexity index is 1410. The predicted molar refractivity (Wildman–Crippen MR) is 136 cm³/mol. The van der Waals surface area contributed by atoms with E-state index in [0.29, 0.717) is 17.1 Å². The number of hydrogen-bond donors (Lipinski definition) is 1. The van der Waals surface area contributed by atoms with Crippen molar-refractivity contribution in [1.82, 2.24) is 0 Å². The zero-order valence-corrected chi connectivity index (χ0v) is 19.0. The number of benzene rings is 4. The largest absolute Gasteiger partial charge is 0.493 e. The molecule has 0 aliphatic rings. The van der Waals surface area contributed by atoms with E-state index in [1.807, 2.05) is 85.8 Å². The summed E-state index contributed by atoms with van der Waals surface area (Å²) in [6, 6.07) is 29.1. The summed E-state index contributed by atoms with van der Waals surface area (Å²) in [5.74, 6) is 0.666. The lowest BCUT2D eigenvalue weighted by atomic mass is 9.97. The molecule has 4 aromatic carbocycles. The highest BCUT2D eigenvalue weighted by Crippen LogP contribution is 2.31. The van der Waals surface area contributed by atoms with Gasteiger partial charge < -0.3 is 14.8 Å². The van der Waals surface area contributed by atoms with E-state index in [9.17, 15) is 10.1 Å². The molecule has 168 valence electrons. The number of nitrogens with one attached hydrogen (secondary N) is 1. The van der Waals surface area contributed by atoms with Crippen LogP contribution in [0.15, 0.2) is 84.9 Å². The first-order chi connectivity index (χ1) is 16.6. The van der Waals surface area contributed by atoms with Crippen LogP contribution in [0.4, 0.5) is 5.69 Å². The summed E-state index contributed by atoms with van der Waals surface area (Å²) < 4.78 is 11.2. The van der Waals surface area contributed by atoms with Gasteiger partial charge in [-0.3, -0.25) is 4.79 Å². The van der Waals surface area contributed by atoms with E-state index in [2.05, 4.69) is 11.4 Å². The standard InChI is InChI=1S/C29H24N2O3/c1-20-8-3-6-13-26(20)31-29(32)19-34-27-15-14-21(17-28(27)33-2)16-23(18-30)25-12-7-10-22-9-4-5-11-24(22)25/h3-17H,19H2,1-2H3,(H,31,32)/b23-16+. The average Bonchev–Trinajstić information content (AvgIpc) is 2.87. The number of carbonyl (C=O) groups excluding carboxylic acids is 1. The number of hydrogen-bond acceptors (Lipinski definition) is 4. The Hall–Kier alpha value is -4.56. The molecule has 0 aliphatic carbocycles. The first kappa shape index (κ1) is 22.6. The number of nitriles is 1. The van der Waals surface area contributed by atoms with Crippen molar-refractivity contribution in [2.45, 2.75) is 6.92 Å². The van der Waals surface area contributed by atoms with Crippen molar-refractivity contribution in [3.05, 3.63) is 102 Å². The van der Waals surface area contributed by atoms with E-state index in [-0.39, 0.29) is 12.5 Å². The van der Waals surface area contributed by atoms with E-state index in [4.69, 9.17) is 9.47 Å². The molecule has 0 aliphatic heterocycles. The summed E-state index contributed by atoms with van der Waals surface area (Å²) in [6.45, 7) is 1.78. The van der Waals surface area contributed by atoms with E-state index in [1.54, 1.807) is 19.2 Å². The van der Waals surface area contributed by atoms with Gasteiger partial charge in [-0.15, -0.1) is 0 Å². The highest BCUT2D eigenvalue weighted by molar-refractivity contribution is 6.01. The minimum atomic E-state index is -0.261. The molecule has 34 heavy (non-hydrogen) atoms. The summed E-state index contributed by atoms with van der Waals surface area (Å²) in [6.07, 6.45) is 1.82. The number of para-hydroxylation sites is 1. The lowest BCUT2D eigenvalue weighted by molar-refractivity contribution is -0.118. The Labute approximate surface area is 198 Å². The topological polar surface area (TPSA) is 71.3 Å². The third kappa shape index (κ3) is 5.08. The molecule has 5 heteroatoms. The fourth-order valence-corrected chi connectivity index (χ4v) is 3.73. The van der Waals surface area contributed by atoms with Gasteiger partial charge in [0.1, 0.15) is 0 Å². The second-order valence-electron chi connectivity index (χ2n) is 7.76. The second-order valence-corrected chi connectivity index (χ2v) is 7.76. The number of ether oxygens (including phenoxy) is 2. The fraction of sp³-hybridized carbons (Fsp3) is 0.103. The number of carbonyl (C=O) groups is 1. The van der Waals surface area contributed by atoms with Crippen molar-refractivity contribution >= 4 is 34.0 Å². The highest BCUT2D eigenvalue weighted by Gasteiger charge is 2.11. The van der Waals surface area contributed by atoms with Crippen molar-refractivity contribution in [2.24, 2.45) is 0 Å². The summed E-state index contributed by atoms with van der Waals surface area (Å²) in [4.78, 5) is 12.3. The Morgan fingerprint density at radius 1 is 0.971 bits per heavy atom. The van der Waals surface area contributed by atoms with Crippen LogP contribution in [0.25, 0.3) is 22.4 Å². The number of methoxy groups -OCH3 is 1. The smallest absolute Gasteiger partial charge is 0.262 e. The van der Waals surface area contributed by atoms with Crippen molar-refractivity contribution in [1.29, 1.82) is 5.26 Å². The molecule has 4 rings (SSSR count). The third-order valence-electron chi connectivity index (χ3n) is 5.48. The molecule has 1 N–H and O–H groups in total. The minimum absolute atomic E-state index is 0.153. The molecule has 0 saturated carbocycles. The lowest BCUT2D eigenvalue weighted by Gasteiger charge is -2.12. The third-order valence-corrected chi connectivity index (χ3v) is 5.48. The summed E-state index contributed by atoms with van der Waals surface area (Å²) in [5.41, 5.74) is 3.93. The minimum Gasteiger partial charge on any atom is -0.493 e. The van der Waals surface area contributed by atoms with E-state index >= 15 is 0 Å². The molecule has 0 fully saturated rings. The predicted octanol–water partition coefficient (Wildman–Crippen LogP) is 6.24. The van der Waals surface area contributed by atoms with Crippen molar-refractivity contribution in [3.8, 4) is 17.6 Å². The molecule has 4 aromatic rings. The number of rotatable bonds is 7. The zero-order chi connectivity index (χ0) is 23.9. The first-order valence-corrected chi connectivity index (χ1v) is 10.9. The fourth-order valence-electron chi connectivity index (χ4n) is 3.73. The molecule has 0 radical (unpaired) electrons. The molecule has 5 nitrogen and oxygen atoms in total. The summed E-state index contributed by atoms with van der Waals surface area (Å²) in [5, 5.41) is 14.8. The SMILES string of the molecule is COc1cc(/C=C(\C#N)c2cccc3ccccc23)ccc1OCC(=O)Nc1ccccc1C. The van der Waals surface area contributed by atoms with Crippen molar-refractivity contribution in [2.75, 3.05) is 19.0 Å². The summed E-state index contributed by atoms with van der Waals surface area (Å²) in [7, 11) is 1.54. The molecule has 1 amide bonds. The number of anilines is 1. The maximum atomic E-state index is 12.3. The van der Waals surface area contributed by atoms with Gasteiger partial charge in [-0.05, 0) is 53.1 Å². The molecule has 0 bridgehead atoms. The Morgan fingerprint density at radius 2 is 1.74 bits per heavy atom. The number of amides is 1. The normalized spacial score (nSPS) is 11.0. The van der Waals surface area contributed by atoms with Gasteiger partial charge in [0.05, 0.1) is 18.8 Å². The number of fused-ring (bicyclic) bond motifs is 1. The molecular formula is C29H24N2O3. The van der Waals surface area contributed by atoms with Crippen LogP contribution >= 0.6 is 0 Å². The van der Waals surface area contributed by atoms with Crippen LogP contribution in [0.1, 0.15) is 16.7 Å². The molecule has 0 atom stereocenters. The van der Waals surface area contributed by atoms with Crippen LogP contribution in [0, 0.1) is 18.3 Å². The monoisotopic (exact) mass is 448 g/mol. The van der Waals surface area contributed by atoms with Crippen molar-refractivity contribution < 1.29 is 14.3 Å². The van der Waals surface area contributed by atoms with E-state index in [1.165, 1.54) is 0 Å². The Balaban J connectivity index is 1.53. The Morgan fingerprint density at radius 3 is 2.53 bits per heavy atom. The highest BCUT2D eigenvalue weighted by atomic mass is 16.5. The number of nitrogens with zero attached hydrogens (tertiary/aromatic N) is 1. The van der Waals surface area contributed by atoms with Gasteiger partial charge in [-0.1, -0.05) is 66.7 Å². The van der Waals surface area contributed by atoms with Gasteiger partial charge >= 0.3 is 0 Å². The molecule has 0 unspecified atom stereocenters. The van der Waals surface area contributed by atoms with Gasteiger partial charge in [-0.25, -0.2) is 0 Å². The molecule has 0 spiro atoms. The molecule has 0 heterocycles. The van der Waals surface area contributed by atoms with Crippen LogP contribution in [-0.4, -0.2) is 19.6 Å². The van der Waals surface area contributed by atoms with Crippen LogP contribution in [-0.2, 0) is 4.79 Å². The maximum absolute atomic E-state index is 12.3. The maximum Gasteiger partial charge on any atom is 0.262 e. The Kier molecular flexibility index (Phi) is 6.90. The molecular weight excluding hydrogens is 424 g/mol. The van der Waals surface area contributed by atoms with Gasteiger partial charge in [0, 0.05) is 11.3 Å². The molecule has 0 aromatic heterocycles. The van der Waals surface area contributed by atoms with Gasteiger partial charge in [-0.2, -0.15) is 5.26 Å².